The fourth-order valence-corrected chi connectivity index (χ4v) is 6.67. The normalized spacial score (nSPS) is 17.4. The highest BCUT2D eigenvalue weighted by Crippen LogP contribution is 2.40. The van der Waals surface area contributed by atoms with Crippen LogP contribution in [0.2, 0.25) is 0 Å². The number of aliphatic hydroxyl groups is 1. The van der Waals surface area contributed by atoms with E-state index in [0.29, 0.717) is 29.4 Å². The van der Waals surface area contributed by atoms with Crippen LogP contribution in [0.1, 0.15) is 51.4 Å². The molecular formula is C39H35N5O4S. The zero-order valence-electron chi connectivity index (χ0n) is 26.6. The first-order valence-corrected chi connectivity index (χ1v) is 17.1. The van der Waals surface area contributed by atoms with Crippen molar-refractivity contribution in [1.29, 1.82) is 0 Å². The molecule has 2 heterocycles. The number of thioether (sulfide) groups is 1. The number of rotatable bonds is 11. The SMILES string of the molecule is O=C(NCc1cccc(-c2ccc([C@H]3O[C@@H](CSc4nnnn4-c4ccccc4)C[C@@H](c4ccc(CO)cc4)O3)cc2)c1)c1ccccc1. The maximum absolute atomic E-state index is 12.5. The van der Waals surface area contributed by atoms with Crippen LogP contribution in [-0.4, -0.2) is 43.1 Å². The van der Waals surface area contributed by atoms with Crippen LogP contribution in [0.4, 0.5) is 0 Å². The average molecular weight is 670 g/mol. The van der Waals surface area contributed by atoms with Crippen molar-refractivity contribution >= 4 is 17.7 Å². The highest BCUT2D eigenvalue weighted by atomic mass is 32.2. The van der Waals surface area contributed by atoms with Gasteiger partial charge in [-0.15, -0.1) is 5.10 Å². The van der Waals surface area contributed by atoms with Crippen molar-refractivity contribution < 1.29 is 19.4 Å². The number of carbonyl (C=O) groups excluding carboxylic acids is 1. The molecule has 0 radical (unpaired) electrons. The Bertz CT molecular complexity index is 1970. The van der Waals surface area contributed by atoms with Gasteiger partial charge in [-0.25, -0.2) is 0 Å². The van der Waals surface area contributed by atoms with Gasteiger partial charge in [0.05, 0.1) is 24.5 Å². The molecule has 2 N–H and O–H groups in total. The van der Waals surface area contributed by atoms with Gasteiger partial charge in [-0.2, -0.15) is 4.68 Å². The minimum Gasteiger partial charge on any atom is -0.392 e. The van der Waals surface area contributed by atoms with Gasteiger partial charge in [0.25, 0.3) is 5.91 Å². The average Bonchev–Trinajstić information content (AvgIpc) is 3.66. The van der Waals surface area contributed by atoms with Crippen molar-refractivity contribution in [1.82, 2.24) is 25.5 Å². The molecule has 0 spiro atoms. The summed E-state index contributed by atoms with van der Waals surface area (Å²) in [6.07, 6.45) is -0.277. The summed E-state index contributed by atoms with van der Waals surface area (Å²) in [6.45, 7) is 0.422. The Morgan fingerprint density at radius 2 is 1.53 bits per heavy atom. The molecule has 10 heteroatoms. The van der Waals surface area contributed by atoms with Crippen LogP contribution < -0.4 is 5.32 Å². The predicted molar refractivity (Wildman–Crippen MR) is 188 cm³/mol. The fourth-order valence-electron chi connectivity index (χ4n) is 5.76. The summed E-state index contributed by atoms with van der Waals surface area (Å²) < 4.78 is 14.9. The van der Waals surface area contributed by atoms with Crippen LogP contribution in [0.15, 0.2) is 139 Å². The zero-order chi connectivity index (χ0) is 33.4. The highest BCUT2D eigenvalue weighted by Gasteiger charge is 2.32. The van der Waals surface area contributed by atoms with Crippen LogP contribution >= 0.6 is 11.8 Å². The number of hydrogen-bond acceptors (Lipinski definition) is 8. The van der Waals surface area contributed by atoms with E-state index in [0.717, 1.165) is 39.1 Å². The number of amides is 1. The number of tetrazole rings is 1. The van der Waals surface area contributed by atoms with E-state index >= 15 is 0 Å². The second-order valence-corrected chi connectivity index (χ2v) is 12.7. The summed E-state index contributed by atoms with van der Waals surface area (Å²) >= 11 is 1.55. The van der Waals surface area contributed by atoms with Gasteiger partial charge < -0.3 is 19.9 Å². The smallest absolute Gasteiger partial charge is 0.251 e. The molecule has 246 valence electrons. The maximum atomic E-state index is 12.5. The van der Waals surface area contributed by atoms with Crippen LogP contribution in [0.3, 0.4) is 0 Å². The monoisotopic (exact) mass is 669 g/mol. The molecule has 7 rings (SSSR count). The summed E-state index contributed by atoms with van der Waals surface area (Å²) in [7, 11) is 0. The van der Waals surface area contributed by atoms with Crippen LogP contribution in [0.25, 0.3) is 16.8 Å². The van der Waals surface area contributed by atoms with E-state index in [-0.39, 0.29) is 24.7 Å². The Morgan fingerprint density at radius 1 is 0.796 bits per heavy atom. The number of hydrogen-bond donors (Lipinski definition) is 2. The van der Waals surface area contributed by atoms with Crippen molar-refractivity contribution in [2.75, 3.05) is 5.75 Å². The van der Waals surface area contributed by atoms with E-state index in [4.69, 9.17) is 9.47 Å². The van der Waals surface area contributed by atoms with Gasteiger partial charge in [-0.1, -0.05) is 115 Å². The van der Waals surface area contributed by atoms with E-state index in [2.05, 4.69) is 45.1 Å². The first-order valence-electron chi connectivity index (χ1n) is 16.1. The van der Waals surface area contributed by atoms with Crippen molar-refractivity contribution in [3.05, 3.63) is 161 Å². The lowest BCUT2D eigenvalue weighted by Gasteiger charge is -2.36. The summed E-state index contributed by atoms with van der Waals surface area (Å²) in [5.74, 6) is 0.529. The number of nitrogens with zero attached hydrogens (tertiary/aromatic N) is 4. The third kappa shape index (κ3) is 7.96. The van der Waals surface area contributed by atoms with Crippen molar-refractivity contribution in [3.63, 3.8) is 0 Å². The molecule has 1 aliphatic heterocycles. The Kier molecular flexibility index (Phi) is 10.2. The summed E-state index contributed by atoms with van der Waals surface area (Å²) in [5.41, 5.74) is 7.44. The second-order valence-electron chi connectivity index (χ2n) is 11.7. The molecule has 1 amide bonds. The lowest BCUT2D eigenvalue weighted by molar-refractivity contribution is -0.245. The van der Waals surface area contributed by atoms with E-state index in [1.807, 2.05) is 97.1 Å². The molecule has 0 aliphatic carbocycles. The first kappa shape index (κ1) is 32.4. The number of aliphatic hydroxyl groups excluding tert-OH is 1. The lowest BCUT2D eigenvalue weighted by atomic mass is 9.99. The Labute approximate surface area is 288 Å². The summed E-state index contributed by atoms with van der Waals surface area (Å²) in [5, 5.41) is 25.6. The topological polar surface area (TPSA) is 111 Å². The molecule has 0 unspecified atom stereocenters. The molecule has 6 aromatic rings. The second kappa shape index (κ2) is 15.4. The Balaban J connectivity index is 1.06. The van der Waals surface area contributed by atoms with Crippen LogP contribution in [0.5, 0.6) is 0 Å². The number of benzene rings is 5. The number of para-hydroxylation sites is 1. The predicted octanol–water partition coefficient (Wildman–Crippen LogP) is 7.09. The molecular weight excluding hydrogens is 635 g/mol. The quantitative estimate of drug-likeness (QED) is 0.141. The van der Waals surface area contributed by atoms with E-state index in [1.165, 1.54) is 0 Å². The molecule has 5 aromatic carbocycles. The van der Waals surface area contributed by atoms with Crippen LogP contribution in [0, 0.1) is 0 Å². The third-order valence-corrected chi connectivity index (χ3v) is 9.44. The van der Waals surface area contributed by atoms with Crippen molar-refractivity contribution in [2.24, 2.45) is 0 Å². The molecule has 1 fully saturated rings. The minimum atomic E-state index is -0.583. The van der Waals surface area contributed by atoms with Gasteiger partial charge in [0, 0.05) is 29.8 Å². The number of ether oxygens (including phenoxy) is 2. The summed E-state index contributed by atoms with van der Waals surface area (Å²) in [4.78, 5) is 12.5. The Hall–Kier alpha value is -5.13. The molecule has 3 atom stereocenters. The number of carbonyl (C=O) groups is 1. The van der Waals surface area contributed by atoms with E-state index in [1.54, 1.807) is 28.6 Å². The lowest BCUT2D eigenvalue weighted by Crippen LogP contribution is -2.31. The molecule has 49 heavy (non-hydrogen) atoms. The van der Waals surface area contributed by atoms with Crippen molar-refractivity contribution in [2.45, 2.75) is 43.2 Å². The molecule has 1 saturated heterocycles. The molecule has 1 aliphatic rings. The third-order valence-electron chi connectivity index (χ3n) is 8.39. The van der Waals surface area contributed by atoms with Gasteiger partial charge in [0.2, 0.25) is 5.16 Å². The molecule has 1 aromatic heterocycles. The number of aromatic nitrogens is 4. The van der Waals surface area contributed by atoms with Crippen molar-refractivity contribution in [3.8, 4) is 16.8 Å². The number of nitrogens with one attached hydrogen (secondary N) is 1. The van der Waals surface area contributed by atoms with E-state index in [9.17, 15) is 9.90 Å². The van der Waals surface area contributed by atoms with Gasteiger partial charge in [-0.3, -0.25) is 4.79 Å². The molecule has 9 nitrogen and oxygen atoms in total. The summed E-state index contributed by atoms with van der Waals surface area (Å²) in [6, 6.07) is 43.3. The Morgan fingerprint density at radius 3 is 2.29 bits per heavy atom. The minimum absolute atomic E-state index is 0.00941. The highest BCUT2D eigenvalue weighted by molar-refractivity contribution is 7.99. The van der Waals surface area contributed by atoms with Gasteiger partial charge >= 0.3 is 0 Å². The largest absolute Gasteiger partial charge is 0.392 e. The van der Waals surface area contributed by atoms with E-state index < -0.39 is 6.29 Å². The first-order chi connectivity index (χ1) is 24.1. The molecule has 0 bridgehead atoms. The van der Waals surface area contributed by atoms with Gasteiger partial charge in [0.15, 0.2) is 6.29 Å². The molecule has 0 saturated carbocycles. The zero-order valence-corrected chi connectivity index (χ0v) is 27.4. The standard InChI is InChI=1S/C39H35N5O4S/c45-25-27-14-16-30(17-15-27)36-23-35(26-49-39-41-42-43-44(39)34-12-5-2-6-13-34)47-38(48-36)32-20-18-29(19-21-32)33-11-7-8-28(22-33)24-40-37(46)31-9-3-1-4-10-31/h1-22,35-36,38,45H,23-26H2,(H,40,46)/t35-,36+,38+/m1/s1. The van der Waals surface area contributed by atoms with Gasteiger partial charge in [-0.05, 0) is 68.6 Å². The fraction of sp³-hybridized carbons (Fsp3) is 0.179. The van der Waals surface area contributed by atoms with Crippen LogP contribution in [-0.2, 0) is 22.6 Å². The van der Waals surface area contributed by atoms with Gasteiger partial charge in [0.1, 0.15) is 0 Å². The maximum Gasteiger partial charge on any atom is 0.251 e.